The van der Waals surface area contributed by atoms with Crippen molar-refractivity contribution in [2.45, 2.75) is 26.9 Å². The number of alkyl halides is 3. The van der Waals surface area contributed by atoms with Gasteiger partial charge >= 0.3 is 18.1 Å². The number of ether oxygens (including phenoxy) is 1. The van der Waals surface area contributed by atoms with Gasteiger partial charge in [0.15, 0.2) is 5.69 Å². The fourth-order valence-electron chi connectivity index (χ4n) is 1.44. The summed E-state index contributed by atoms with van der Waals surface area (Å²) in [5, 5.41) is 12.4. The number of nitrogens with zero attached hydrogens (tertiary/aromatic N) is 2. The van der Waals surface area contributed by atoms with Crippen molar-refractivity contribution in [2.24, 2.45) is 5.41 Å². The number of carboxylic acid groups (broad SMARTS) is 1. The molecule has 0 saturated carbocycles. The second-order valence-electron chi connectivity index (χ2n) is 4.91. The predicted molar refractivity (Wildman–Crippen MR) is 69.9 cm³/mol. The van der Waals surface area contributed by atoms with Gasteiger partial charge in [0.2, 0.25) is 0 Å². The summed E-state index contributed by atoms with van der Waals surface area (Å²) in [6.45, 7) is 4.01. The van der Waals surface area contributed by atoms with Gasteiger partial charge in [-0.25, -0.2) is 9.48 Å². The largest absolute Gasteiger partial charge is 0.481 e. The molecule has 1 N–H and O–H groups in total. The second kappa shape index (κ2) is 6.20. The highest BCUT2D eigenvalue weighted by molar-refractivity contribution is 5.90. The molecule has 0 atom stereocenters. The topological polar surface area (TPSA) is 81.4 Å². The summed E-state index contributed by atoms with van der Waals surface area (Å²) in [6.07, 6.45) is -2.21. The zero-order valence-electron chi connectivity index (χ0n) is 12.1. The minimum Gasteiger partial charge on any atom is -0.481 e. The van der Waals surface area contributed by atoms with E-state index >= 15 is 0 Å². The van der Waals surface area contributed by atoms with Gasteiger partial charge in [-0.3, -0.25) is 4.79 Å². The van der Waals surface area contributed by atoms with E-state index in [4.69, 9.17) is 5.11 Å². The van der Waals surface area contributed by atoms with E-state index in [2.05, 4.69) is 9.84 Å². The van der Waals surface area contributed by atoms with Crippen molar-refractivity contribution in [2.75, 3.05) is 6.61 Å². The lowest BCUT2D eigenvalue weighted by Gasteiger charge is -2.14. The minimum absolute atomic E-state index is 0.0802. The SMILES string of the molecule is CCOC(=O)c1cnn(/C=C/C(C)(C)C(=O)O)c1C(F)(F)F. The summed E-state index contributed by atoms with van der Waals surface area (Å²) in [6, 6.07) is 0. The number of carbonyl (C=O) groups excluding carboxylic acids is 1. The Morgan fingerprint density at radius 1 is 1.41 bits per heavy atom. The van der Waals surface area contributed by atoms with Gasteiger partial charge in [0, 0.05) is 6.20 Å². The first-order valence-corrected chi connectivity index (χ1v) is 6.25. The van der Waals surface area contributed by atoms with E-state index in [1.807, 2.05) is 0 Å². The molecule has 1 heterocycles. The van der Waals surface area contributed by atoms with Crippen molar-refractivity contribution < 1.29 is 32.6 Å². The van der Waals surface area contributed by atoms with Crippen LogP contribution in [0.2, 0.25) is 0 Å². The number of carboxylic acids is 1. The van der Waals surface area contributed by atoms with Crippen LogP contribution in [-0.4, -0.2) is 33.4 Å². The third-order valence-corrected chi connectivity index (χ3v) is 2.74. The Labute approximate surface area is 124 Å². The predicted octanol–water partition coefficient (Wildman–Crippen LogP) is 2.66. The average molecular weight is 320 g/mol. The molecule has 0 bridgehead atoms. The van der Waals surface area contributed by atoms with Gasteiger partial charge in [0.1, 0.15) is 5.56 Å². The number of aliphatic carboxylic acids is 1. The van der Waals surface area contributed by atoms with Crippen LogP contribution in [0.1, 0.15) is 36.8 Å². The molecule has 0 aliphatic carbocycles. The van der Waals surface area contributed by atoms with Crippen molar-refractivity contribution in [3.05, 3.63) is 23.5 Å². The first-order valence-electron chi connectivity index (χ1n) is 6.25. The first-order chi connectivity index (χ1) is 10.0. The van der Waals surface area contributed by atoms with E-state index in [1.165, 1.54) is 20.8 Å². The zero-order chi connectivity index (χ0) is 17.1. The molecule has 0 saturated heterocycles. The van der Waals surface area contributed by atoms with Crippen LogP contribution in [-0.2, 0) is 15.7 Å². The summed E-state index contributed by atoms with van der Waals surface area (Å²) in [4.78, 5) is 22.5. The minimum atomic E-state index is -4.85. The molecule has 0 aromatic carbocycles. The molecule has 0 fully saturated rings. The maximum atomic E-state index is 13.1. The normalized spacial score (nSPS) is 12.6. The van der Waals surface area contributed by atoms with Crippen LogP contribution in [0.15, 0.2) is 12.3 Å². The van der Waals surface area contributed by atoms with Gasteiger partial charge in [-0.15, -0.1) is 0 Å². The Kier molecular flexibility index (Phi) is 5.00. The molecule has 0 unspecified atom stereocenters. The fraction of sp³-hybridized carbons (Fsp3) is 0.462. The molecule has 22 heavy (non-hydrogen) atoms. The van der Waals surface area contributed by atoms with Crippen LogP contribution in [0.5, 0.6) is 0 Å². The Hall–Kier alpha value is -2.32. The summed E-state index contributed by atoms with van der Waals surface area (Å²) >= 11 is 0. The van der Waals surface area contributed by atoms with Gasteiger partial charge < -0.3 is 9.84 Å². The van der Waals surface area contributed by atoms with Crippen LogP contribution < -0.4 is 0 Å². The number of hydrogen-bond donors (Lipinski definition) is 1. The molecule has 0 radical (unpaired) electrons. The van der Waals surface area contributed by atoms with Crippen LogP contribution in [0.3, 0.4) is 0 Å². The number of aromatic nitrogens is 2. The molecular formula is C13H15F3N2O4. The summed E-state index contributed by atoms with van der Waals surface area (Å²) in [5.41, 5.74) is -3.44. The fourth-order valence-corrected chi connectivity index (χ4v) is 1.44. The Morgan fingerprint density at radius 3 is 2.45 bits per heavy atom. The Morgan fingerprint density at radius 2 is 2.00 bits per heavy atom. The molecule has 0 aliphatic rings. The van der Waals surface area contributed by atoms with Gasteiger partial charge in [-0.2, -0.15) is 18.3 Å². The van der Waals surface area contributed by atoms with E-state index in [0.717, 1.165) is 18.5 Å². The molecule has 122 valence electrons. The quantitative estimate of drug-likeness (QED) is 0.844. The van der Waals surface area contributed by atoms with Crippen LogP contribution >= 0.6 is 0 Å². The third-order valence-electron chi connectivity index (χ3n) is 2.74. The van der Waals surface area contributed by atoms with E-state index in [1.54, 1.807) is 0 Å². The van der Waals surface area contributed by atoms with Gasteiger partial charge in [-0.05, 0) is 26.8 Å². The number of halogens is 3. The molecule has 1 aromatic heterocycles. The molecule has 1 rings (SSSR count). The smallest absolute Gasteiger partial charge is 0.434 e. The Bertz CT molecular complexity index is 603. The summed E-state index contributed by atoms with van der Waals surface area (Å²) < 4.78 is 44.3. The van der Waals surface area contributed by atoms with Crippen LogP contribution in [0.4, 0.5) is 13.2 Å². The van der Waals surface area contributed by atoms with Crippen molar-refractivity contribution in [1.82, 2.24) is 9.78 Å². The van der Waals surface area contributed by atoms with E-state index in [0.29, 0.717) is 4.68 Å². The molecule has 6 nitrogen and oxygen atoms in total. The lowest BCUT2D eigenvalue weighted by Crippen LogP contribution is -2.21. The number of carbonyl (C=O) groups is 2. The molecule has 1 aromatic rings. The molecule has 9 heteroatoms. The second-order valence-corrected chi connectivity index (χ2v) is 4.91. The van der Waals surface area contributed by atoms with Crippen molar-refractivity contribution in [3.8, 4) is 0 Å². The number of esters is 1. The van der Waals surface area contributed by atoms with Crippen LogP contribution in [0.25, 0.3) is 6.20 Å². The lowest BCUT2D eigenvalue weighted by molar-refractivity contribution is -0.144. The maximum Gasteiger partial charge on any atom is 0.434 e. The Balaban J connectivity index is 3.30. The van der Waals surface area contributed by atoms with E-state index in [9.17, 15) is 22.8 Å². The highest BCUT2D eigenvalue weighted by Gasteiger charge is 2.40. The van der Waals surface area contributed by atoms with Crippen LogP contribution in [0, 0.1) is 5.41 Å². The third kappa shape index (κ3) is 3.86. The maximum absolute atomic E-state index is 13.1. The summed E-state index contributed by atoms with van der Waals surface area (Å²) in [7, 11) is 0. The lowest BCUT2D eigenvalue weighted by atomic mass is 9.94. The van der Waals surface area contributed by atoms with Gasteiger partial charge in [0.25, 0.3) is 0 Å². The molecular weight excluding hydrogens is 305 g/mol. The monoisotopic (exact) mass is 320 g/mol. The van der Waals surface area contributed by atoms with Crippen molar-refractivity contribution >= 4 is 18.1 Å². The van der Waals surface area contributed by atoms with Crippen molar-refractivity contribution in [3.63, 3.8) is 0 Å². The highest BCUT2D eigenvalue weighted by Crippen LogP contribution is 2.33. The van der Waals surface area contributed by atoms with Gasteiger partial charge in [-0.1, -0.05) is 0 Å². The summed E-state index contributed by atoms with van der Waals surface area (Å²) in [5.74, 6) is -2.36. The standard InChI is InChI=1S/C13H15F3N2O4/c1-4-22-10(19)8-7-17-18(9(8)13(14,15)16)6-5-12(2,3)11(20)21/h5-7H,4H2,1-3H3,(H,20,21)/b6-5+. The highest BCUT2D eigenvalue weighted by atomic mass is 19.4. The van der Waals surface area contributed by atoms with E-state index in [-0.39, 0.29) is 6.61 Å². The van der Waals surface area contributed by atoms with Gasteiger partial charge in [0.05, 0.1) is 18.2 Å². The molecule has 0 aliphatic heterocycles. The number of rotatable bonds is 5. The van der Waals surface area contributed by atoms with Crippen molar-refractivity contribution in [1.29, 1.82) is 0 Å². The first kappa shape index (κ1) is 17.7. The zero-order valence-corrected chi connectivity index (χ0v) is 12.1. The van der Waals surface area contributed by atoms with E-state index < -0.39 is 34.8 Å². The number of hydrogen-bond acceptors (Lipinski definition) is 4. The average Bonchev–Trinajstić information content (AvgIpc) is 2.80. The molecule has 0 spiro atoms. The molecule has 0 amide bonds.